The summed E-state index contributed by atoms with van der Waals surface area (Å²) in [4.78, 5) is 23.1. The van der Waals surface area contributed by atoms with Gasteiger partial charge in [0.25, 0.3) is 5.91 Å². The van der Waals surface area contributed by atoms with Gasteiger partial charge in [0.15, 0.2) is 17.1 Å². The van der Waals surface area contributed by atoms with Gasteiger partial charge in [-0.2, -0.15) is 0 Å². The monoisotopic (exact) mass is 503 g/mol. The number of fused-ring (bicyclic) bond motifs is 2. The smallest absolute Gasteiger partial charge is 0.257 e. The van der Waals surface area contributed by atoms with Crippen LogP contribution in [-0.4, -0.2) is 40.7 Å². The zero-order valence-corrected chi connectivity index (χ0v) is 22.4. The molecule has 4 aromatic rings. The number of nitrogen functional groups attached to an aromatic ring is 1. The molecule has 8 heteroatoms. The van der Waals surface area contributed by atoms with Crippen LogP contribution in [0.15, 0.2) is 42.5 Å². The Morgan fingerprint density at radius 2 is 1.70 bits per heavy atom. The van der Waals surface area contributed by atoms with Crippen molar-refractivity contribution < 1.29 is 14.3 Å². The molecule has 4 rings (SSSR count). The van der Waals surface area contributed by atoms with Crippen molar-refractivity contribution in [1.82, 2.24) is 19.9 Å². The van der Waals surface area contributed by atoms with Crippen molar-refractivity contribution in [3.8, 4) is 11.5 Å². The van der Waals surface area contributed by atoms with Gasteiger partial charge in [-0.15, -0.1) is 0 Å². The summed E-state index contributed by atoms with van der Waals surface area (Å²) in [5, 5.41) is 3.14. The standard InChI is InChI=1S/C29H37N5O3/c1-18(2)9-8-10-19(3)31-29(35)25-26-28(33-22-12-7-6-11-21(22)32-26)34(27(25)30)16-15-20-13-14-23(36-4)24(17-20)37-5/h6-7,11-14,17-19H,8-10,15-16,30H2,1-5H3,(H,31,35). The lowest BCUT2D eigenvalue weighted by Gasteiger charge is -2.15. The lowest BCUT2D eigenvalue weighted by atomic mass is 10.0. The van der Waals surface area contributed by atoms with Crippen molar-refractivity contribution in [2.75, 3.05) is 20.0 Å². The summed E-state index contributed by atoms with van der Waals surface area (Å²) in [5.74, 6) is 2.15. The Hall–Kier alpha value is -3.81. The molecule has 1 unspecified atom stereocenters. The zero-order valence-electron chi connectivity index (χ0n) is 22.4. The van der Waals surface area contributed by atoms with E-state index >= 15 is 0 Å². The second-order valence-corrected chi connectivity index (χ2v) is 9.94. The minimum absolute atomic E-state index is 0.0317. The van der Waals surface area contributed by atoms with E-state index in [9.17, 15) is 4.79 Å². The molecule has 3 N–H and O–H groups in total. The number of methoxy groups -OCH3 is 2. The summed E-state index contributed by atoms with van der Waals surface area (Å²) < 4.78 is 12.7. The summed E-state index contributed by atoms with van der Waals surface area (Å²) in [6.07, 6.45) is 3.77. The van der Waals surface area contributed by atoms with Crippen LogP contribution in [0.3, 0.4) is 0 Å². The highest BCUT2D eigenvalue weighted by Crippen LogP contribution is 2.30. The van der Waals surface area contributed by atoms with Crippen molar-refractivity contribution in [3.05, 3.63) is 53.6 Å². The molecule has 0 fully saturated rings. The molecule has 0 aliphatic carbocycles. The van der Waals surface area contributed by atoms with Crippen LogP contribution in [0, 0.1) is 5.92 Å². The molecule has 8 nitrogen and oxygen atoms in total. The minimum Gasteiger partial charge on any atom is -0.493 e. The Kier molecular flexibility index (Phi) is 8.16. The van der Waals surface area contributed by atoms with Crippen LogP contribution in [0.5, 0.6) is 11.5 Å². The molecule has 196 valence electrons. The molecule has 0 bridgehead atoms. The van der Waals surface area contributed by atoms with E-state index in [1.807, 2.05) is 54.0 Å². The van der Waals surface area contributed by atoms with Crippen molar-refractivity contribution >= 4 is 33.9 Å². The Morgan fingerprint density at radius 3 is 2.38 bits per heavy atom. The van der Waals surface area contributed by atoms with E-state index in [1.54, 1.807) is 14.2 Å². The van der Waals surface area contributed by atoms with Crippen LogP contribution in [-0.2, 0) is 13.0 Å². The Labute approximate surface area is 218 Å². The molecule has 0 radical (unpaired) electrons. The highest BCUT2D eigenvalue weighted by Gasteiger charge is 2.25. The van der Waals surface area contributed by atoms with E-state index in [0.29, 0.717) is 52.9 Å². The van der Waals surface area contributed by atoms with Crippen LogP contribution in [0.1, 0.15) is 56.0 Å². The normalized spacial score (nSPS) is 12.3. The van der Waals surface area contributed by atoms with Crippen LogP contribution in [0.2, 0.25) is 0 Å². The molecule has 0 saturated heterocycles. The highest BCUT2D eigenvalue weighted by atomic mass is 16.5. The Morgan fingerprint density at radius 1 is 1.00 bits per heavy atom. The first-order valence-electron chi connectivity index (χ1n) is 12.9. The maximum atomic E-state index is 13.5. The molecule has 37 heavy (non-hydrogen) atoms. The van der Waals surface area contributed by atoms with E-state index < -0.39 is 0 Å². The average Bonchev–Trinajstić information content (AvgIpc) is 3.15. The maximum Gasteiger partial charge on any atom is 0.257 e. The average molecular weight is 504 g/mol. The number of carbonyl (C=O) groups excluding carboxylic acids is 1. The third-order valence-corrected chi connectivity index (χ3v) is 6.69. The molecule has 1 atom stereocenters. The number of para-hydroxylation sites is 2. The number of hydrogen-bond acceptors (Lipinski definition) is 6. The molecule has 0 aliphatic rings. The second kappa shape index (κ2) is 11.5. The van der Waals surface area contributed by atoms with Gasteiger partial charge in [-0.05, 0) is 55.5 Å². The molecular weight excluding hydrogens is 466 g/mol. The summed E-state index contributed by atoms with van der Waals surface area (Å²) in [5.41, 5.74) is 10.7. The highest BCUT2D eigenvalue weighted by molar-refractivity contribution is 6.10. The Balaban J connectivity index is 1.67. The number of amides is 1. The minimum atomic E-state index is -0.214. The number of nitrogens with two attached hydrogens (primary N) is 1. The van der Waals surface area contributed by atoms with E-state index in [0.717, 1.165) is 35.9 Å². The maximum absolute atomic E-state index is 13.5. The van der Waals surface area contributed by atoms with Crippen molar-refractivity contribution in [2.45, 2.75) is 59.0 Å². The predicted molar refractivity (Wildman–Crippen MR) is 148 cm³/mol. The molecule has 2 heterocycles. The molecule has 0 spiro atoms. The van der Waals surface area contributed by atoms with Gasteiger partial charge in [0.05, 0.1) is 25.3 Å². The van der Waals surface area contributed by atoms with Gasteiger partial charge in [0.2, 0.25) is 0 Å². The number of ether oxygens (including phenoxy) is 2. The number of nitrogens with zero attached hydrogens (tertiary/aromatic N) is 3. The van der Waals surface area contributed by atoms with Gasteiger partial charge in [-0.1, -0.05) is 44.9 Å². The van der Waals surface area contributed by atoms with Gasteiger partial charge in [0.1, 0.15) is 16.9 Å². The number of anilines is 1. The van der Waals surface area contributed by atoms with Crippen molar-refractivity contribution in [1.29, 1.82) is 0 Å². The number of carbonyl (C=O) groups is 1. The largest absolute Gasteiger partial charge is 0.493 e. The predicted octanol–water partition coefficient (Wildman–Crippen LogP) is 5.37. The van der Waals surface area contributed by atoms with Gasteiger partial charge >= 0.3 is 0 Å². The van der Waals surface area contributed by atoms with Crippen LogP contribution < -0.4 is 20.5 Å². The first-order chi connectivity index (χ1) is 17.8. The molecule has 0 saturated carbocycles. The van der Waals surface area contributed by atoms with Crippen LogP contribution in [0.4, 0.5) is 5.82 Å². The molecule has 1 amide bonds. The fraction of sp³-hybridized carbons (Fsp3) is 0.414. The van der Waals surface area contributed by atoms with Gasteiger partial charge in [0, 0.05) is 12.6 Å². The molecule has 2 aromatic heterocycles. The lowest BCUT2D eigenvalue weighted by Crippen LogP contribution is -2.33. The SMILES string of the molecule is COc1ccc(CCn2c(N)c(C(=O)NC(C)CCCC(C)C)c3nc4ccccc4nc32)cc1OC. The lowest BCUT2D eigenvalue weighted by molar-refractivity contribution is 0.0940. The molecular formula is C29H37N5O3. The number of nitrogens with one attached hydrogen (secondary N) is 1. The quantitative estimate of drug-likeness (QED) is 0.285. The van der Waals surface area contributed by atoms with E-state index in [2.05, 4.69) is 19.2 Å². The molecule has 2 aromatic carbocycles. The second-order valence-electron chi connectivity index (χ2n) is 9.94. The van der Waals surface area contributed by atoms with Crippen LogP contribution >= 0.6 is 0 Å². The Bertz CT molecular complexity index is 1400. The van der Waals surface area contributed by atoms with Crippen molar-refractivity contribution in [3.63, 3.8) is 0 Å². The first-order valence-corrected chi connectivity index (χ1v) is 12.9. The van der Waals surface area contributed by atoms with E-state index in [-0.39, 0.29) is 11.9 Å². The molecule has 0 aliphatic heterocycles. The third kappa shape index (κ3) is 5.79. The van der Waals surface area contributed by atoms with E-state index in [4.69, 9.17) is 25.2 Å². The third-order valence-electron chi connectivity index (χ3n) is 6.69. The first kappa shape index (κ1) is 26.3. The van der Waals surface area contributed by atoms with Gasteiger partial charge < -0.3 is 25.1 Å². The summed E-state index contributed by atoms with van der Waals surface area (Å²) in [6, 6.07) is 13.5. The summed E-state index contributed by atoms with van der Waals surface area (Å²) in [7, 11) is 3.24. The van der Waals surface area contributed by atoms with Gasteiger partial charge in [-0.25, -0.2) is 9.97 Å². The number of rotatable bonds is 11. The van der Waals surface area contributed by atoms with Crippen molar-refractivity contribution in [2.24, 2.45) is 5.92 Å². The zero-order chi connectivity index (χ0) is 26.5. The number of aryl methyl sites for hydroxylation is 2. The van der Waals surface area contributed by atoms with E-state index in [1.165, 1.54) is 0 Å². The number of aromatic nitrogens is 3. The fourth-order valence-corrected chi connectivity index (χ4v) is 4.64. The fourth-order valence-electron chi connectivity index (χ4n) is 4.64. The topological polar surface area (TPSA) is 104 Å². The number of hydrogen-bond donors (Lipinski definition) is 2. The van der Waals surface area contributed by atoms with Gasteiger partial charge in [-0.3, -0.25) is 4.79 Å². The van der Waals surface area contributed by atoms with Crippen LogP contribution in [0.25, 0.3) is 22.2 Å². The summed E-state index contributed by atoms with van der Waals surface area (Å²) in [6.45, 7) is 6.99. The number of benzene rings is 2. The summed E-state index contributed by atoms with van der Waals surface area (Å²) >= 11 is 0.